The lowest BCUT2D eigenvalue weighted by Gasteiger charge is -2.26. The number of carbonyl (C=O) groups is 1. The van der Waals surface area contributed by atoms with Crippen molar-refractivity contribution in [1.29, 1.82) is 0 Å². The Morgan fingerprint density at radius 1 is 1.00 bits per heavy atom. The molecule has 1 aliphatic heterocycles. The Balaban J connectivity index is 1.50. The van der Waals surface area contributed by atoms with Crippen molar-refractivity contribution in [3.8, 4) is 0 Å². The molecule has 3 aromatic carbocycles. The number of ether oxygens (including phenoxy) is 1. The Morgan fingerprint density at radius 2 is 1.70 bits per heavy atom. The van der Waals surface area contributed by atoms with E-state index in [0.29, 0.717) is 5.02 Å². The highest BCUT2D eigenvalue weighted by Crippen LogP contribution is 2.33. The molecule has 0 unspecified atom stereocenters. The number of aryl methyl sites for hydroxylation is 1. The molecular weight excluding hydrogens is 533 g/mol. The molecule has 0 atom stereocenters. The zero-order chi connectivity index (χ0) is 26.4. The molecule has 3 aromatic rings. The van der Waals surface area contributed by atoms with Crippen molar-refractivity contribution in [2.75, 3.05) is 37.2 Å². The Hall–Kier alpha value is -2.62. The van der Waals surface area contributed by atoms with Crippen LogP contribution in [-0.4, -0.2) is 52.1 Å². The van der Waals surface area contributed by atoms with Crippen LogP contribution in [-0.2, 0) is 32.6 Å². The summed E-state index contributed by atoms with van der Waals surface area (Å²) in [7, 11) is -4.10. The van der Waals surface area contributed by atoms with Crippen molar-refractivity contribution in [2.45, 2.75) is 24.9 Å². The second-order valence-electron chi connectivity index (χ2n) is 8.91. The quantitative estimate of drug-likeness (QED) is 0.411. The predicted octanol–water partition coefficient (Wildman–Crippen LogP) is 4.65. The van der Waals surface area contributed by atoms with Gasteiger partial charge in [-0.3, -0.25) is 14.0 Å². The molecule has 0 saturated carbocycles. The van der Waals surface area contributed by atoms with E-state index in [1.807, 2.05) is 25.1 Å². The van der Waals surface area contributed by atoms with Crippen LogP contribution in [0.1, 0.15) is 16.7 Å². The summed E-state index contributed by atoms with van der Waals surface area (Å²) in [6.45, 7) is 5.72. The van der Waals surface area contributed by atoms with Crippen molar-refractivity contribution in [3.05, 3.63) is 93.5 Å². The first kappa shape index (κ1) is 27.4. The van der Waals surface area contributed by atoms with Crippen LogP contribution in [0.15, 0.2) is 71.6 Å². The van der Waals surface area contributed by atoms with Gasteiger partial charge >= 0.3 is 0 Å². The topological polar surface area (TPSA) is 79.0 Å². The van der Waals surface area contributed by atoms with Gasteiger partial charge in [0.05, 0.1) is 28.8 Å². The first-order valence-corrected chi connectivity index (χ1v) is 14.1. The molecule has 1 heterocycles. The van der Waals surface area contributed by atoms with Gasteiger partial charge in [0.15, 0.2) is 0 Å². The van der Waals surface area contributed by atoms with Gasteiger partial charge < -0.3 is 10.1 Å². The van der Waals surface area contributed by atoms with Gasteiger partial charge in [-0.1, -0.05) is 65.2 Å². The molecule has 1 amide bonds. The van der Waals surface area contributed by atoms with Gasteiger partial charge in [0.25, 0.3) is 10.0 Å². The number of rotatable bonds is 9. The minimum Gasteiger partial charge on any atom is -0.379 e. The maximum atomic E-state index is 13.6. The fourth-order valence-electron chi connectivity index (χ4n) is 4.06. The molecule has 0 aliphatic carbocycles. The number of sulfonamides is 1. The lowest BCUT2D eigenvalue weighted by atomic mass is 10.1. The molecule has 0 aromatic heterocycles. The third kappa shape index (κ3) is 7.24. The molecule has 196 valence electrons. The average molecular weight is 563 g/mol. The summed E-state index contributed by atoms with van der Waals surface area (Å²) in [6.07, 6.45) is 0. The van der Waals surface area contributed by atoms with Gasteiger partial charge in [-0.2, -0.15) is 0 Å². The molecule has 1 saturated heterocycles. The van der Waals surface area contributed by atoms with E-state index in [4.69, 9.17) is 27.9 Å². The molecule has 1 fully saturated rings. The summed E-state index contributed by atoms with van der Waals surface area (Å²) in [5.41, 5.74) is 3.12. The summed E-state index contributed by atoms with van der Waals surface area (Å²) >= 11 is 12.5. The van der Waals surface area contributed by atoms with Crippen LogP contribution >= 0.6 is 23.2 Å². The smallest absolute Gasteiger partial charge is 0.264 e. The molecule has 0 bridgehead atoms. The van der Waals surface area contributed by atoms with E-state index in [-0.39, 0.29) is 22.2 Å². The van der Waals surface area contributed by atoms with Crippen LogP contribution in [0.5, 0.6) is 0 Å². The van der Waals surface area contributed by atoms with Gasteiger partial charge in [0.1, 0.15) is 6.54 Å². The lowest BCUT2D eigenvalue weighted by Crippen LogP contribution is -2.40. The summed E-state index contributed by atoms with van der Waals surface area (Å²) in [5, 5.41) is 3.32. The van der Waals surface area contributed by atoms with Crippen LogP contribution in [0, 0.1) is 6.92 Å². The average Bonchev–Trinajstić information content (AvgIpc) is 2.88. The normalized spacial score (nSPS) is 14.4. The third-order valence-electron chi connectivity index (χ3n) is 6.06. The Labute approximate surface area is 228 Å². The van der Waals surface area contributed by atoms with E-state index in [9.17, 15) is 13.2 Å². The van der Waals surface area contributed by atoms with Gasteiger partial charge in [-0.05, 0) is 48.4 Å². The van der Waals surface area contributed by atoms with Crippen LogP contribution in [0.25, 0.3) is 0 Å². The fraction of sp³-hybridized carbons (Fsp3) is 0.296. The molecule has 0 spiro atoms. The molecule has 37 heavy (non-hydrogen) atoms. The number of hydrogen-bond donors (Lipinski definition) is 1. The minimum atomic E-state index is -4.10. The second-order valence-corrected chi connectivity index (χ2v) is 11.6. The maximum absolute atomic E-state index is 13.6. The van der Waals surface area contributed by atoms with Crippen molar-refractivity contribution in [3.63, 3.8) is 0 Å². The predicted molar refractivity (Wildman–Crippen MR) is 147 cm³/mol. The van der Waals surface area contributed by atoms with E-state index >= 15 is 0 Å². The monoisotopic (exact) mass is 561 g/mol. The molecule has 4 rings (SSSR count). The number of amides is 1. The summed E-state index contributed by atoms with van der Waals surface area (Å²) in [5.74, 6) is -0.467. The van der Waals surface area contributed by atoms with Crippen molar-refractivity contribution in [2.24, 2.45) is 0 Å². The largest absolute Gasteiger partial charge is 0.379 e. The summed E-state index contributed by atoms with van der Waals surface area (Å²) in [4.78, 5) is 15.4. The zero-order valence-corrected chi connectivity index (χ0v) is 22.8. The first-order valence-electron chi connectivity index (χ1n) is 11.9. The first-order chi connectivity index (χ1) is 17.7. The Kier molecular flexibility index (Phi) is 9.10. The molecule has 10 heteroatoms. The van der Waals surface area contributed by atoms with E-state index in [0.717, 1.165) is 53.8 Å². The van der Waals surface area contributed by atoms with E-state index < -0.39 is 22.5 Å². The Bertz CT molecular complexity index is 1340. The van der Waals surface area contributed by atoms with Crippen LogP contribution in [0.3, 0.4) is 0 Å². The standard InChI is InChI=1S/C27H29Cl2N3O4S/c1-20-5-8-24(9-6-20)37(34,35)32(26-16-23(28)7-10-25(26)29)19-27(33)30-17-21-3-2-4-22(15-21)18-31-11-13-36-14-12-31/h2-10,15-16H,11-14,17-19H2,1H3,(H,30,33). The number of halogens is 2. The van der Waals surface area contributed by atoms with E-state index in [1.54, 1.807) is 18.2 Å². The highest BCUT2D eigenvalue weighted by Gasteiger charge is 2.29. The van der Waals surface area contributed by atoms with Crippen LogP contribution < -0.4 is 9.62 Å². The molecular formula is C27H29Cl2N3O4S. The summed E-state index contributed by atoms with van der Waals surface area (Å²) in [6, 6.07) is 18.9. The number of morpholine rings is 1. The second kappa shape index (κ2) is 12.3. The number of hydrogen-bond acceptors (Lipinski definition) is 5. The van der Waals surface area contributed by atoms with Crippen LogP contribution in [0.4, 0.5) is 5.69 Å². The number of nitrogens with zero attached hydrogens (tertiary/aromatic N) is 2. The summed E-state index contributed by atoms with van der Waals surface area (Å²) < 4.78 is 33.6. The van der Waals surface area contributed by atoms with Gasteiger partial charge in [-0.15, -0.1) is 0 Å². The third-order valence-corrected chi connectivity index (χ3v) is 8.39. The molecule has 1 aliphatic rings. The van der Waals surface area contributed by atoms with Gasteiger partial charge in [-0.25, -0.2) is 8.42 Å². The number of nitrogens with one attached hydrogen (secondary N) is 1. The van der Waals surface area contributed by atoms with Crippen LogP contribution in [0.2, 0.25) is 10.0 Å². The van der Waals surface area contributed by atoms with Gasteiger partial charge in [0, 0.05) is 31.2 Å². The maximum Gasteiger partial charge on any atom is 0.264 e. The zero-order valence-electron chi connectivity index (χ0n) is 20.5. The highest BCUT2D eigenvalue weighted by molar-refractivity contribution is 7.92. The minimum absolute atomic E-state index is 0.0535. The van der Waals surface area contributed by atoms with Crippen molar-refractivity contribution in [1.82, 2.24) is 10.2 Å². The van der Waals surface area contributed by atoms with E-state index in [1.165, 1.54) is 24.3 Å². The lowest BCUT2D eigenvalue weighted by molar-refractivity contribution is -0.119. The number of anilines is 1. The fourth-order valence-corrected chi connectivity index (χ4v) is 5.92. The molecule has 0 radical (unpaired) electrons. The SMILES string of the molecule is Cc1ccc(S(=O)(=O)N(CC(=O)NCc2cccc(CN3CCOCC3)c2)c2cc(Cl)ccc2Cl)cc1. The van der Waals surface area contributed by atoms with Crippen molar-refractivity contribution < 1.29 is 17.9 Å². The van der Waals surface area contributed by atoms with E-state index in [2.05, 4.69) is 16.3 Å². The number of benzene rings is 3. The molecule has 7 nitrogen and oxygen atoms in total. The number of carbonyl (C=O) groups excluding carboxylic acids is 1. The molecule has 1 N–H and O–H groups in total. The van der Waals surface area contributed by atoms with Crippen molar-refractivity contribution >= 4 is 44.8 Å². The van der Waals surface area contributed by atoms with Gasteiger partial charge in [0.2, 0.25) is 5.91 Å². The Morgan fingerprint density at radius 3 is 2.43 bits per heavy atom. The highest BCUT2D eigenvalue weighted by atomic mass is 35.5.